The summed E-state index contributed by atoms with van der Waals surface area (Å²) in [4.78, 5) is 13.3. The summed E-state index contributed by atoms with van der Waals surface area (Å²) >= 11 is 0. The number of rotatable bonds is 13. The first kappa shape index (κ1) is 28.0. The molecule has 202 valence electrons. The Bertz CT molecular complexity index is 1490. The fourth-order valence-corrected chi connectivity index (χ4v) is 4.22. The molecule has 1 aromatic heterocycles. The van der Waals surface area contributed by atoms with Crippen molar-refractivity contribution < 1.29 is 9.53 Å². The highest BCUT2D eigenvalue weighted by molar-refractivity contribution is 5.85. The van der Waals surface area contributed by atoms with Gasteiger partial charge in [0.15, 0.2) is 5.82 Å². The summed E-state index contributed by atoms with van der Waals surface area (Å²) in [5, 5.41) is 36.4. The number of tetrazole rings is 1. The second-order valence-electron chi connectivity index (χ2n) is 9.30. The average Bonchev–Trinajstić information content (AvgIpc) is 3.44. The van der Waals surface area contributed by atoms with Crippen LogP contribution in [0.1, 0.15) is 23.1 Å². The van der Waals surface area contributed by atoms with Crippen molar-refractivity contribution in [3.8, 4) is 23.5 Å². The first-order valence-electron chi connectivity index (χ1n) is 12.9. The van der Waals surface area contributed by atoms with E-state index < -0.39 is 12.1 Å². The maximum absolute atomic E-state index is 13.3. The molecule has 0 unspecified atom stereocenters. The van der Waals surface area contributed by atoms with Gasteiger partial charge in [0.1, 0.15) is 12.1 Å². The summed E-state index contributed by atoms with van der Waals surface area (Å²) < 4.78 is 7.40. The normalized spacial score (nSPS) is 12.1. The van der Waals surface area contributed by atoms with Gasteiger partial charge < -0.3 is 15.4 Å². The van der Waals surface area contributed by atoms with E-state index in [9.17, 15) is 10.1 Å². The molecule has 40 heavy (non-hydrogen) atoms. The van der Waals surface area contributed by atoms with Crippen LogP contribution in [0.5, 0.6) is 0 Å². The number of aryl methyl sites for hydroxylation is 2. The third kappa shape index (κ3) is 7.97. The molecular formula is C30H30N8O2. The zero-order chi connectivity index (χ0) is 28.2. The minimum Gasteiger partial charge on any atom is -0.374 e. The number of nitriles is 2. The lowest BCUT2D eigenvalue weighted by Crippen LogP contribution is -2.46. The first-order chi connectivity index (χ1) is 19.6. The van der Waals surface area contributed by atoms with Crippen molar-refractivity contribution in [2.24, 2.45) is 0 Å². The lowest BCUT2D eigenvalue weighted by molar-refractivity contribution is -0.122. The van der Waals surface area contributed by atoms with Crippen LogP contribution >= 0.6 is 0 Å². The van der Waals surface area contributed by atoms with Crippen LogP contribution < -0.4 is 10.6 Å². The summed E-state index contributed by atoms with van der Waals surface area (Å²) in [5.41, 5.74) is 4.60. The number of amides is 1. The van der Waals surface area contributed by atoms with Gasteiger partial charge in [0.2, 0.25) is 5.91 Å². The second kappa shape index (κ2) is 14.2. The average molecular weight is 535 g/mol. The summed E-state index contributed by atoms with van der Waals surface area (Å²) in [6.07, 6.45) is 0.761. The molecule has 0 fully saturated rings. The monoisotopic (exact) mass is 534 g/mol. The molecule has 0 aliphatic heterocycles. The highest BCUT2D eigenvalue weighted by Crippen LogP contribution is 2.18. The van der Waals surface area contributed by atoms with Gasteiger partial charge >= 0.3 is 0 Å². The molecule has 10 heteroatoms. The Balaban J connectivity index is 1.37. The fourth-order valence-electron chi connectivity index (χ4n) is 4.22. The molecule has 2 atom stereocenters. The molecule has 3 aromatic carbocycles. The molecule has 2 N–H and O–H groups in total. The van der Waals surface area contributed by atoms with Crippen molar-refractivity contribution in [2.75, 3.05) is 11.9 Å². The molecule has 0 spiro atoms. The SMILES string of the molecule is Cc1cccc(C[C@H](Nc2ccccc2)C(=O)N[C@@H](C#N)COCc2cccc(-c3nnnn3CCC#N)c2)c1. The molecule has 10 nitrogen and oxygen atoms in total. The van der Waals surface area contributed by atoms with Crippen molar-refractivity contribution in [3.63, 3.8) is 0 Å². The first-order valence-corrected chi connectivity index (χ1v) is 12.9. The number of hydrogen-bond acceptors (Lipinski definition) is 8. The number of ether oxygens (including phenoxy) is 1. The maximum Gasteiger partial charge on any atom is 0.243 e. The zero-order valence-electron chi connectivity index (χ0n) is 22.2. The van der Waals surface area contributed by atoms with E-state index in [1.807, 2.05) is 85.8 Å². The molecule has 0 bridgehead atoms. The lowest BCUT2D eigenvalue weighted by atomic mass is 10.0. The number of aromatic nitrogens is 4. The van der Waals surface area contributed by atoms with Crippen molar-refractivity contribution in [3.05, 3.63) is 95.6 Å². The third-order valence-corrected chi connectivity index (χ3v) is 6.13. The van der Waals surface area contributed by atoms with Gasteiger partial charge in [-0.25, -0.2) is 4.68 Å². The van der Waals surface area contributed by atoms with Crippen LogP contribution in [0.4, 0.5) is 5.69 Å². The highest BCUT2D eigenvalue weighted by atomic mass is 16.5. The number of anilines is 1. The number of carbonyl (C=O) groups is 1. The Hall–Kier alpha value is -5.06. The van der Waals surface area contributed by atoms with Gasteiger partial charge in [-0.2, -0.15) is 10.5 Å². The van der Waals surface area contributed by atoms with E-state index in [2.05, 4.69) is 38.3 Å². The molecule has 0 saturated carbocycles. The molecular weight excluding hydrogens is 504 g/mol. The van der Waals surface area contributed by atoms with Crippen molar-refractivity contribution in [1.29, 1.82) is 10.5 Å². The van der Waals surface area contributed by atoms with E-state index in [1.54, 1.807) is 4.68 Å². The molecule has 0 radical (unpaired) electrons. The van der Waals surface area contributed by atoms with Crippen LogP contribution in [0.3, 0.4) is 0 Å². The van der Waals surface area contributed by atoms with Gasteiger partial charge in [-0.3, -0.25) is 4.79 Å². The van der Waals surface area contributed by atoms with E-state index in [4.69, 9.17) is 10.00 Å². The molecule has 1 heterocycles. The Labute approximate surface area is 233 Å². The van der Waals surface area contributed by atoms with Crippen LogP contribution in [0.15, 0.2) is 78.9 Å². The zero-order valence-corrected chi connectivity index (χ0v) is 22.2. The standard InChI is InChI=1S/C30H30N8O2/c1-22-8-5-9-23(16-22)18-28(33-26-12-3-2-4-13-26)30(39)34-27(19-32)21-40-20-24-10-6-11-25(17-24)29-35-36-37-38(29)15-7-14-31/h2-6,8-13,16-17,27-28,33H,7,15,18,20-21H2,1H3,(H,34,39)/t27-,28-/m0/s1. The van der Waals surface area contributed by atoms with Gasteiger partial charge in [0, 0.05) is 17.7 Å². The van der Waals surface area contributed by atoms with E-state index in [0.717, 1.165) is 27.9 Å². The number of benzene rings is 3. The summed E-state index contributed by atoms with van der Waals surface area (Å²) in [6.45, 7) is 2.66. The third-order valence-electron chi connectivity index (χ3n) is 6.13. The molecule has 0 aliphatic rings. The van der Waals surface area contributed by atoms with Crippen molar-refractivity contribution in [1.82, 2.24) is 25.5 Å². The van der Waals surface area contributed by atoms with Crippen LogP contribution in [0.2, 0.25) is 0 Å². The quantitative estimate of drug-likeness (QED) is 0.264. The number of hydrogen-bond donors (Lipinski definition) is 2. The van der Waals surface area contributed by atoms with E-state index in [0.29, 0.717) is 25.2 Å². The second-order valence-corrected chi connectivity index (χ2v) is 9.30. The number of para-hydroxylation sites is 1. The van der Waals surface area contributed by atoms with Gasteiger partial charge in [-0.1, -0.05) is 66.2 Å². The van der Waals surface area contributed by atoms with Crippen LogP contribution in [-0.4, -0.2) is 44.8 Å². The number of carbonyl (C=O) groups excluding carboxylic acids is 1. The van der Waals surface area contributed by atoms with Gasteiger partial charge in [-0.15, -0.1) is 5.10 Å². The Morgan fingerprint density at radius 2 is 1.82 bits per heavy atom. The molecule has 1 amide bonds. The smallest absolute Gasteiger partial charge is 0.243 e. The van der Waals surface area contributed by atoms with E-state index in [-0.39, 0.29) is 19.1 Å². The van der Waals surface area contributed by atoms with E-state index >= 15 is 0 Å². The van der Waals surface area contributed by atoms with Crippen molar-refractivity contribution >= 4 is 11.6 Å². The van der Waals surface area contributed by atoms with E-state index in [1.165, 1.54) is 0 Å². The predicted octanol–water partition coefficient (Wildman–Crippen LogP) is 3.81. The van der Waals surface area contributed by atoms with Crippen LogP contribution in [0, 0.1) is 29.6 Å². The lowest BCUT2D eigenvalue weighted by Gasteiger charge is -2.22. The fraction of sp³-hybridized carbons (Fsp3) is 0.267. The largest absolute Gasteiger partial charge is 0.374 e. The number of nitrogens with one attached hydrogen (secondary N) is 2. The van der Waals surface area contributed by atoms with Gasteiger partial charge in [0.05, 0.1) is 38.3 Å². The minimum absolute atomic E-state index is 0.0227. The van der Waals surface area contributed by atoms with Crippen LogP contribution in [0.25, 0.3) is 11.4 Å². The summed E-state index contributed by atoms with van der Waals surface area (Å²) in [7, 11) is 0. The van der Waals surface area contributed by atoms with Gasteiger partial charge in [0.25, 0.3) is 0 Å². The Morgan fingerprint density at radius 1 is 1.02 bits per heavy atom. The molecule has 4 aromatic rings. The highest BCUT2D eigenvalue weighted by Gasteiger charge is 2.22. The summed E-state index contributed by atoms with van der Waals surface area (Å²) in [6, 6.07) is 27.9. The molecule has 0 saturated heterocycles. The number of nitrogens with zero attached hydrogens (tertiary/aromatic N) is 6. The topological polar surface area (TPSA) is 142 Å². The predicted molar refractivity (Wildman–Crippen MR) is 149 cm³/mol. The Kier molecular flexibility index (Phi) is 9.92. The molecule has 0 aliphatic carbocycles. The molecule has 4 rings (SSSR count). The van der Waals surface area contributed by atoms with Gasteiger partial charge in [-0.05, 0) is 46.7 Å². The van der Waals surface area contributed by atoms with Crippen LogP contribution in [-0.2, 0) is 29.1 Å². The summed E-state index contributed by atoms with van der Waals surface area (Å²) in [5.74, 6) is 0.275. The maximum atomic E-state index is 13.3. The minimum atomic E-state index is -0.827. The Morgan fingerprint density at radius 3 is 2.60 bits per heavy atom. The van der Waals surface area contributed by atoms with Crippen molar-refractivity contribution in [2.45, 2.75) is 45.0 Å².